The maximum atomic E-state index is 6.02. The standard InChI is InChI=1S/C14H20ClNS/c1-2-16-12-6-4-8-14(10-12)17-13-7-3-5-11(15)9-13/h3,5,7,9,12,14,16H,2,4,6,8,10H2,1H3. The molecule has 2 atom stereocenters. The van der Waals surface area contributed by atoms with Crippen LogP contribution < -0.4 is 5.32 Å². The SMILES string of the molecule is CCNC1CCCC(Sc2cccc(Cl)c2)C1. The first-order valence-corrected chi connectivity index (χ1v) is 7.69. The van der Waals surface area contributed by atoms with Crippen molar-refractivity contribution >= 4 is 23.4 Å². The molecule has 0 heterocycles. The molecule has 2 rings (SSSR count). The molecule has 1 aliphatic carbocycles. The van der Waals surface area contributed by atoms with Crippen LogP contribution in [0.1, 0.15) is 32.6 Å². The van der Waals surface area contributed by atoms with Crippen LogP contribution in [0.5, 0.6) is 0 Å². The molecule has 0 aliphatic heterocycles. The normalized spacial score (nSPS) is 24.8. The summed E-state index contributed by atoms with van der Waals surface area (Å²) in [6, 6.07) is 8.92. The minimum atomic E-state index is 0.713. The Balaban J connectivity index is 1.90. The maximum absolute atomic E-state index is 6.02. The van der Waals surface area contributed by atoms with E-state index in [0.29, 0.717) is 6.04 Å². The number of rotatable bonds is 4. The summed E-state index contributed by atoms with van der Waals surface area (Å²) in [6.45, 7) is 3.27. The zero-order chi connectivity index (χ0) is 12.1. The molecule has 1 aromatic carbocycles. The molecule has 0 aromatic heterocycles. The van der Waals surface area contributed by atoms with E-state index < -0.39 is 0 Å². The predicted molar refractivity (Wildman–Crippen MR) is 77.0 cm³/mol. The quantitative estimate of drug-likeness (QED) is 0.872. The molecule has 1 saturated carbocycles. The first-order valence-electron chi connectivity index (χ1n) is 6.43. The van der Waals surface area contributed by atoms with E-state index in [-0.39, 0.29) is 0 Å². The number of halogens is 1. The van der Waals surface area contributed by atoms with Crippen LogP contribution in [-0.2, 0) is 0 Å². The lowest BCUT2D eigenvalue weighted by Crippen LogP contribution is -2.34. The average molecular weight is 270 g/mol. The van der Waals surface area contributed by atoms with Gasteiger partial charge in [-0.3, -0.25) is 0 Å². The number of hydrogen-bond donors (Lipinski definition) is 1. The molecule has 17 heavy (non-hydrogen) atoms. The number of hydrogen-bond acceptors (Lipinski definition) is 2. The van der Waals surface area contributed by atoms with Crippen LogP contribution in [-0.4, -0.2) is 17.8 Å². The third-order valence-corrected chi connectivity index (χ3v) is 4.74. The topological polar surface area (TPSA) is 12.0 Å². The highest BCUT2D eigenvalue weighted by molar-refractivity contribution is 8.00. The fourth-order valence-electron chi connectivity index (χ4n) is 2.46. The predicted octanol–water partition coefficient (Wildman–Crippen LogP) is 4.35. The van der Waals surface area contributed by atoms with E-state index in [1.807, 2.05) is 23.9 Å². The van der Waals surface area contributed by atoms with Gasteiger partial charge in [-0.15, -0.1) is 11.8 Å². The Labute approximate surface area is 113 Å². The highest BCUT2D eigenvalue weighted by Crippen LogP contribution is 2.34. The van der Waals surface area contributed by atoms with Crippen molar-refractivity contribution in [3.8, 4) is 0 Å². The van der Waals surface area contributed by atoms with Crippen LogP contribution in [0.3, 0.4) is 0 Å². The van der Waals surface area contributed by atoms with Gasteiger partial charge >= 0.3 is 0 Å². The highest BCUT2D eigenvalue weighted by Gasteiger charge is 2.21. The van der Waals surface area contributed by atoms with Crippen molar-refractivity contribution < 1.29 is 0 Å². The fraction of sp³-hybridized carbons (Fsp3) is 0.571. The number of benzene rings is 1. The molecule has 1 fully saturated rings. The van der Waals surface area contributed by atoms with E-state index in [1.54, 1.807) is 0 Å². The summed E-state index contributed by atoms with van der Waals surface area (Å²) in [5, 5.41) is 5.16. The maximum Gasteiger partial charge on any atom is 0.0417 e. The second-order valence-corrected chi connectivity index (χ2v) is 6.43. The van der Waals surface area contributed by atoms with Crippen LogP contribution in [0, 0.1) is 0 Å². The van der Waals surface area contributed by atoms with Crippen LogP contribution in [0.15, 0.2) is 29.2 Å². The molecule has 0 radical (unpaired) electrons. The molecule has 0 saturated heterocycles. The Hall–Kier alpha value is -0.180. The van der Waals surface area contributed by atoms with Gasteiger partial charge in [0.1, 0.15) is 0 Å². The third kappa shape index (κ3) is 4.20. The zero-order valence-electron chi connectivity index (χ0n) is 10.3. The van der Waals surface area contributed by atoms with Crippen molar-refractivity contribution in [3.63, 3.8) is 0 Å². The van der Waals surface area contributed by atoms with E-state index in [1.165, 1.54) is 30.6 Å². The van der Waals surface area contributed by atoms with Crippen LogP contribution in [0.4, 0.5) is 0 Å². The Morgan fingerprint density at radius 3 is 3.06 bits per heavy atom. The molecule has 1 N–H and O–H groups in total. The van der Waals surface area contributed by atoms with Crippen molar-refractivity contribution in [2.45, 2.75) is 48.8 Å². The second-order valence-electron chi connectivity index (χ2n) is 4.62. The van der Waals surface area contributed by atoms with Crippen LogP contribution >= 0.6 is 23.4 Å². The largest absolute Gasteiger partial charge is 0.314 e. The molecule has 1 aromatic rings. The zero-order valence-corrected chi connectivity index (χ0v) is 11.9. The lowest BCUT2D eigenvalue weighted by Gasteiger charge is -2.29. The average Bonchev–Trinajstić information content (AvgIpc) is 2.30. The monoisotopic (exact) mass is 269 g/mol. The van der Waals surface area contributed by atoms with Gasteiger partial charge in [0.2, 0.25) is 0 Å². The minimum Gasteiger partial charge on any atom is -0.314 e. The summed E-state index contributed by atoms with van der Waals surface area (Å²) in [6.07, 6.45) is 5.29. The Morgan fingerprint density at radius 1 is 1.41 bits per heavy atom. The number of nitrogens with one attached hydrogen (secondary N) is 1. The fourth-order valence-corrected chi connectivity index (χ4v) is 4.06. The van der Waals surface area contributed by atoms with Crippen molar-refractivity contribution in [2.75, 3.05) is 6.54 Å². The van der Waals surface area contributed by atoms with E-state index in [9.17, 15) is 0 Å². The summed E-state index contributed by atoms with van der Waals surface area (Å²) in [5.74, 6) is 0. The van der Waals surface area contributed by atoms with Crippen molar-refractivity contribution in [3.05, 3.63) is 29.3 Å². The summed E-state index contributed by atoms with van der Waals surface area (Å²) >= 11 is 8.00. The highest BCUT2D eigenvalue weighted by atomic mass is 35.5. The van der Waals surface area contributed by atoms with E-state index in [4.69, 9.17) is 11.6 Å². The third-order valence-electron chi connectivity index (χ3n) is 3.22. The number of thioether (sulfide) groups is 1. The lowest BCUT2D eigenvalue weighted by atomic mass is 9.95. The summed E-state index contributed by atoms with van der Waals surface area (Å²) in [7, 11) is 0. The van der Waals surface area contributed by atoms with Gasteiger partial charge in [0.25, 0.3) is 0 Å². The van der Waals surface area contributed by atoms with Gasteiger partial charge in [-0.2, -0.15) is 0 Å². The molecule has 1 aliphatic rings. The molecule has 1 nitrogen and oxygen atoms in total. The first-order chi connectivity index (χ1) is 8.28. The molecular weight excluding hydrogens is 250 g/mol. The van der Waals surface area contributed by atoms with Crippen LogP contribution in [0.2, 0.25) is 5.02 Å². The summed E-state index contributed by atoms with van der Waals surface area (Å²) in [4.78, 5) is 1.31. The summed E-state index contributed by atoms with van der Waals surface area (Å²) < 4.78 is 0. The van der Waals surface area contributed by atoms with Gasteiger partial charge in [-0.1, -0.05) is 31.0 Å². The second kappa shape index (κ2) is 6.67. The first kappa shape index (κ1) is 13.3. The Morgan fingerprint density at radius 2 is 2.29 bits per heavy atom. The van der Waals surface area contributed by atoms with Crippen molar-refractivity contribution in [1.29, 1.82) is 0 Å². The molecular formula is C14H20ClNS. The van der Waals surface area contributed by atoms with E-state index in [2.05, 4.69) is 24.4 Å². The Bertz CT molecular complexity index is 354. The Kier molecular flexibility index (Phi) is 5.20. The molecule has 94 valence electrons. The minimum absolute atomic E-state index is 0.713. The van der Waals surface area contributed by atoms with Crippen LogP contribution in [0.25, 0.3) is 0 Å². The van der Waals surface area contributed by atoms with Crippen molar-refractivity contribution in [1.82, 2.24) is 5.32 Å². The van der Waals surface area contributed by atoms with Gasteiger partial charge < -0.3 is 5.32 Å². The summed E-state index contributed by atoms with van der Waals surface area (Å²) in [5.41, 5.74) is 0. The molecule has 3 heteroatoms. The van der Waals surface area contributed by atoms with Gasteiger partial charge in [0.15, 0.2) is 0 Å². The van der Waals surface area contributed by atoms with Gasteiger partial charge in [0.05, 0.1) is 0 Å². The molecule has 2 unspecified atom stereocenters. The van der Waals surface area contributed by atoms with Gasteiger partial charge in [-0.25, -0.2) is 0 Å². The van der Waals surface area contributed by atoms with Gasteiger partial charge in [-0.05, 0) is 44.0 Å². The molecule has 0 bridgehead atoms. The van der Waals surface area contributed by atoms with Gasteiger partial charge in [0, 0.05) is 21.2 Å². The smallest absolute Gasteiger partial charge is 0.0417 e. The lowest BCUT2D eigenvalue weighted by molar-refractivity contribution is 0.388. The van der Waals surface area contributed by atoms with Crippen molar-refractivity contribution in [2.24, 2.45) is 0 Å². The van der Waals surface area contributed by atoms with E-state index >= 15 is 0 Å². The molecule has 0 spiro atoms. The molecule has 0 amide bonds. The van der Waals surface area contributed by atoms with E-state index in [0.717, 1.165) is 16.8 Å².